The maximum atomic E-state index is 3.77. The zero-order chi connectivity index (χ0) is 13.9. The molecule has 0 heterocycles. The zero-order valence-electron chi connectivity index (χ0n) is 13.4. The van der Waals surface area contributed by atoms with Crippen LogP contribution in [0.5, 0.6) is 0 Å². The van der Waals surface area contributed by atoms with Crippen LogP contribution in [0.1, 0.15) is 85.0 Å². The Morgan fingerprint density at radius 2 is 1.42 bits per heavy atom. The monoisotopic (exact) mass is 285 g/mol. The molecule has 1 N–H and O–H groups in total. The molecule has 1 saturated carbocycles. The summed E-state index contributed by atoms with van der Waals surface area (Å²) in [5.41, 5.74) is 0. The number of nitrogens with one attached hydrogen (secondary N) is 1. The van der Waals surface area contributed by atoms with Crippen molar-refractivity contribution in [3.05, 3.63) is 0 Å². The lowest BCUT2D eigenvalue weighted by Gasteiger charge is -2.29. The Hall–Kier alpha value is 0.310. The molecule has 0 aromatic rings. The van der Waals surface area contributed by atoms with Crippen LogP contribution in [-0.4, -0.2) is 23.1 Å². The molecule has 2 unspecified atom stereocenters. The van der Waals surface area contributed by atoms with Gasteiger partial charge in [-0.1, -0.05) is 72.1 Å². The third-order valence-electron chi connectivity index (χ3n) is 4.12. The molecule has 1 nitrogen and oxygen atoms in total. The van der Waals surface area contributed by atoms with E-state index >= 15 is 0 Å². The highest BCUT2D eigenvalue weighted by Gasteiger charge is 2.21. The molecule has 1 aliphatic rings. The van der Waals surface area contributed by atoms with Crippen LogP contribution in [0.15, 0.2) is 0 Å². The molecule has 0 aromatic carbocycles. The molecule has 0 saturated heterocycles. The van der Waals surface area contributed by atoms with Gasteiger partial charge in [-0.15, -0.1) is 0 Å². The molecule has 0 aromatic heterocycles. The van der Waals surface area contributed by atoms with Crippen LogP contribution < -0.4 is 5.32 Å². The first-order valence-electron chi connectivity index (χ1n) is 8.63. The van der Waals surface area contributed by atoms with Crippen molar-refractivity contribution in [3.8, 4) is 0 Å². The summed E-state index contributed by atoms with van der Waals surface area (Å²) in [5, 5.41) is 5.37. The first-order valence-corrected chi connectivity index (χ1v) is 9.57. The van der Waals surface area contributed by atoms with E-state index in [1.165, 1.54) is 64.2 Å². The molecular formula is C17H35NS. The summed E-state index contributed by atoms with van der Waals surface area (Å²) in [6.45, 7) is 8.08. The third-order valence-corrected chi connectivity index (χ3v) is 5.57. The van der Waals surface area contributed by atoms with Gasteiger partial charge >= 0.3 is 0 Å². The normalized spacial score (nSPS) is 27.8. The van der Waals surface area contributed by atoms with Crippen molar-refractivity contribution >= 4 is 11.8 Å². The predicted molar refractivity (Wildman–Crippen MR) is 90.1 cm³/mol. The van der Waals surface area contributed by atoms with Crippen molar-refractivity contribution in [3.63, 3.8) is 0 Å². The molecule has 2 heteroatoms. The SMILES string of the molecule is CCNC1CCCCCCCCCCC1SC(C)C. The first-order chi connectivity index (χ1) is 9.24. The molecule has 2 atom stereocenters. The van der Waals surface area contributed by atoms with E-state index in [9.17, 15) is 0 Å². The summed E-state index contributed by atoms with van der Waals surface area (Å²) in [6, 6.07) is 0.747. The number of thioether (sulfide) groups is 1. The number of hydrogen-bond acceptors (Lipinski definition) is 2. The van der Waals surface area contributed by atoms with Crippen molar-refractivity contribution in [2.45, 2.75) is 102 Å². The van der Waals surface area contributed by atoms with E-state index < -0.39 is 0 Å². The van der Waals surface area contributed by atoms with E-state index in [4.69, 9.17) is 0 Å². The number of rotatable bonds is 4. The minimum Gasteiger partial charge on any atom is -0.313 e. The largest absolute Gasteiger partial charge is 0.313 e. The van der Waals surface area contributed by atoms with Gasteiger partial charge in [-0.05, 0) is 24.6 Å². The van der Waals surface area contributed by atoms with Crippen molar-refractivity contribution in [1.82, 2.24) is 5.32 Å². The highest BCUT2D eigenvalue weighted by atomic mass is 32.2. The molecule has 0 radical (unpaired) electrons. The van der Waals surface area contributed by atoms with Crippen LogP contribution in [-0.2, 0) is 0 Å². The van der Waals surface area contributed by atoms with Gasteiger partial charge in [0.15, 0.2) is 0 Å². The Labute approximate surface area is 125 Å². The van der Waals surface area contributed by atoms with E-state index in [0.717, 1.165) is 23.1 Å². The summed E-state index contributed by atoms with van der Waals surface area (Å²) in [6.07, 6.45) is 14.4. The quantitative estimate of drug-likeness (QED) is 0.743. The molecule has 114 valence electrons. The first kappa shape index (κ1) is 17.4. The average molecular weight is 286 g/mol. The smallest absolute Gasteiger partial charge is 0.0203 e. The standard InChI is InChI=1S/C17H35NS/c1-4-18-16-13-11-9-7-5-6-8-10-12-14-17(16)19-15(2)3/h15-18H,4-14H2,1-3H3. The van der Waals surface area contributed by atoms with Gasteiger partial charge < -0.3 is 5.32 Å². The topological polar surface area (TPSA) is 12.0 Å². The Kier molecular flexibility index (Phi) is 10.1. The summed E-state index contributed by atoms with van der Waals surface area (Å²) < 4.78 is 0. The minimum atomic E-state index is 0.747. The summed E-state index contributed by atoms with van der Waals surface area (Å²) in [7, 11) is 0. The molecule has 0 aliphatic heterocycles. The van der Waals surface area contributed by atoms with Gasteiger partial charge in [0.05, 0.1) is 0 Å². The van der Waals surface area contributed by atoms with Crippen molar-refractivity contribution in [2.75, 3.05) is 6.54 Å². The fourth-order valence-electron chi connectivity index (χ4n) is 3.17. The lowest BCUT2D eigenvalue weighted by atomic mass is 9.97. The van der Waals surface area contributed by atoms with Crippen LogP contribution in [0.3, 0.4) is 0 Å². The lowest BCUT2D eigenvalue weighted by molar-refractivity contribution is 0.419. The highest BCUT2D eigenvalue weighted by molar-refractivity contribution is 8.00. The lowest BCUT2D eigenvalue weighted by Crippen LogP contribution is -2.38. The zero-order valence-corrected chi connectivity index (χ0v) is 14.2. The average Bonchev–Trinajstić information content (AvgIpc) is 2.36. The number of hydrogen-bond donors (Lipinski definition) is 1. The van der Waals surface area contributed by atoms with Crippen LogP contribution in [0.25, 0.3) is 0 Å². The Morgan fingerprint density at radius 3 is 1.95 bits per heavy atom. The maximum absolute atomic E-state index is 3.77. The Bertz CT molecular complexity index is 205. The second kappa shape index (κ2) is 11.0. The van der Waals surface area contributed by atoms with Crippen molar-refractivity contribution in [1.29, 1.82) is 0 Å². The van der Waals surface area contributed by atoms with Crippen molar-refractivity contribution < 1.29 is 0 Å². The fraction of sp³-hybridized carbons (Fsp3) is 1.00. The van der Waals surface area contributed by atoms with Gasteiger partial charge in [0.1, 0.15) is 0 Å². The van der Waals surface area contributed by atoms with Crippen LogP contribution in [0, 0.1) is 0 Å². The molecule has 19 heavy (non-hydrogen) atoms. The third kappa shape index (κ3) is 8.24. The summed E-state index contributed by atoms with van der Waals surface area (Å²) in [5.74, 6) is 0. The predicted octanol–water partition coefficient (Wildman–Crippen LogP) is 5.39. The maximum Gasteiger partial charge on any atom is 0.0203 e. The van der Waals surface area contributed by atoms with Gasteiger partial charge in [0.2, 0.25) is 0 Å². The molecule has 0 spiro atoms. The van der Waals surface area contributed by atoms with Crippen LogP contribution in [0.4, 0.5) is 0 Å². The van der Waals surface area contributed by atoms with Gasteiger partial charge in [-0.25, -0.2) is 0 Å². The molecular weight excluding hydrogens is 250 g/mol. The second-order valence-electron chi connectivity index (χ2n) is 6.29. The molecule has 1 rings (SSSR count). The Morgan fingerprint density at radius 1 is 0.895 bits per heavy atom. The highest BCUT2D eigenvalue weighted by Crippen LogP contribution is 2.28. The van der Waals surface area contributed by atoms with E-state index in [1.54, 1.807) is 0 Å². The Balaban J connectivity index is 2.53. The van der Waals surface area contributed by atoms with Crippen LogP contribution >= 0.6 is 11.8 Å². The van der Waals surface area contributed by atoms with Gasteiger partial charge in [0.25, 0.3) is 0 Å². The minimum absolute atomic E-state index is 0.747. The molecule has 1 aliphatic carbocycles. The summed E-state index contributed by atoms with van der Waals surface area (Å²) in [4.78, 5) is 0. The summed E-state index contributed by atoms with van der Waals surface area (Å²) >= 11 is 2.21. The van der Waals surface area contributed by atoms with E-state index in [0.29, 0.717) is 0 Å². The molecule has 0 amide bonds. The molecule has 0 bridgehead atoms. The fourth-order valence-corrected chi connectivity index (χ4v) is 4.59. The second-order valence-corrected chi connectivity index (χ2v) is 8.11. The van der Waals surface area contributed by atoms with E-state index in [2.05, 4.69) is 37.8 Å². The van der Waals surface area contributed by atoms with E-state index in [-0.39, 0.29) is 0 Å². The van der Waals surface area contributed by atoms with Crippen LogP contribution in [0.2, 0.25) is 0 Å². The van der Waals surface area contributed by atoms with Gasteiger partial charge in [0, 0.05) is 11.3 Å². The van der Waals surface area contributed by atoms with Gasteiger partial charge in [-0.3, -0.25) is 0 Å². The van der Waals surface area contributed by atoms with E-state index in [1.807, 2.05) is 0 Å². The van der Waals surface area contributed by atoms with Gasteiger partial charge in [-0.2, -0.15) is 11.8 Å². The van der Waals surface area contributed by atoms with Crippen molar-refractivity contribution in [2.24, 2.45) is 0 Å². The molecule has 1 fully saturated rings.